The van der Waals surface area contributed by atoms with Crippen molar-refractivity contribution in [2.45, 2.75) is 19.5 Å². The van der Waals surface area contributed by atoms with E-state index in [4.69, 9.17) is 0 Å². The SMILES string of the molecule is CC(C(=O)NCc1cc(F)ccc1F)n1ccnc1-c1ccccc1. The lowest BCUT2D eigenvalue weighted by atomic mass is 10.2. The van der Waals surface area contributed by atoms with Gasteiger partial charge in [-0.1, -0.05) is 30.3 Å². The molecule has 1 amide bonds. The van der Waals surface area contributed by atoms with Gasteiger partial charge in [0, 0.05) is 30.1 Å². The minimum atomic E-state index is -0.554. The molecule has 0 aliphatic rings. The molecule has 4 nitrogen and oxygen atoms in total. The first kappa shape index (κ1) is 16.8. The van der Waals surface area contributed by atoms with Crippen LogP contribution in [0.2, 0.25) is 0 Å². The van der Waals surface area contributed by atoms with Gasteiger partial charge < -0.3 is 9.88 Å². The average Bonchev–Trinajstić information content (AvgIpc) is 3.12. The third-order valence-corrected chi connectivity index (χ3v) is 3.96. The highest BCUT2D eigenvalue weighted by Crippen LogP contribution is 2.21. The summed E-state index contributed by atoms with van der Waals surface area (Å²) >= 11 is 0. The van der Waals surface area contributed by atoms with Gasteiger partial charge in [-0.05, 0) is 25.1 Å². The van der Waals surface area contributed by atoms with Crippen molar-refractivity contribution in [1.29, 1.82) is 0 Å². The van der Waals surface area contributed by atoms with E-state index in [0.29, 0.717) is 5.82 Å². The molecule has 25 heavy (non-hydrogen) atoms. The van der Waals surface area contributed by atoms with Gasteiger partial charge in [0.15, 0.2) is 0 Å². The number of carbonyl (C=O) groups excluding carboxylic acids is 1. The molecule has 0 saturated heterocycles. The van der Waals surface area contributed by atoms with Gasteiger partial charge in [0.25, 0.3) is 0 Å². The van der Waals surface area contributed by atoms with Crippen molar-refractivity contribution in [3.05, 3.63) is 78.1 Å². The molecule has 1 heterocycles. The molecule has 0 spiro atoms. The maximum absolute atomic E-state index is 13.6. The summed E-state index contributed by atoms with van der Waals surface area (Å²) in [5, 5.41) is 2.64. The normalized spacial score (nSPS) is 12.0. The first-order chi connectivity index (χ1) is 12.1. The minimum absolute atomic E-state index is 0.0812. The largest absolute Gasteiger partial charge is 0.350 e. The summed E-state index contributed by atoms with van der Waals surface area (Å²) in [7, 11) is 0. The summed E-state index contributed by atoms with van der Waals surface area (Å²) in [5.41, 5.74) is 0.998. The van der Waals surface area contributed by atoms with E-state index in [-0.39, 0.29) is 18.0 Å². The summed E-state index contributed by atoms with van der Waals surface area (Å²) in [6.45, 7) is 1.65. The Morgan fingerprint density at radius 3 is 2.72 bits per heavy atom. The molecule has 0 saturated carbocycles. The molecule has 1 N–H and O–H groups in total. The van der Waals surface area contributed by atoms with Gasteiger partial charge in [0.05, 0.1) is 0 Å². The lowest BCUT2D eigenvalue weighted by Crippen LogP contribution is -2.31. The highest BCUT2D eigenvalue weighted by molar-refractivity contribution is 5.80. The Morgan fingerprint density at radius 1 is 1.20 bits per heavy atom. The van der Waals surface area contributed by atoms with E-state index in [2.05, 4.69) is 10.3 Å². The summed E-state index contributed by atoms with van der Waals surface area (Å²) in [6, 6.07) is 12.1. The predicted molar refractivity (Wildman–Crippen MR) is 90.6 cm³/mol. The zero-order valence-electron chi connectivity index (χ0n) is 13.6. The van der Waals surface area contributed by atoms with Crippen molar-refractivity contribution >= 4 is 5.91 Å². The quantitative estimate of drug-likeness (QED) is 0.769. The Kier molecular flexibility index (Phi) is 4.88. The summed E-state index contributed by atoms with van der Waals surface area (Å²) < 4.78 is 28.6. The Labute approximate surface area is 144 Å². The van der Waals surface area contributed by atoms with Gasteiger partial charge in [0.2, 0.25) is 5.91 Å². The Bertz CT molecular complexity index is 877. The fourth-order valence-electron chi connectivity index (χ4n) is 2.57. The van der Waals surface area contributed by atoms with Crippen LogP contribution in [0.5, 0.6) is 0 Å². The second-order valence-electron chi connectivity index (χ2n) is 5.65. The molecule has 0 aliphatic heterocycles. The molecule has 2 aromatic carbocycles. The van der Waals surface area contributed by atoms with Crippen molar-refractivity contribution < 1.29 is 13.6 Å². The van der Waals surface area contributed by atoms with Crippen LogP contribution in [-0.4, -0.2) is 15.5 Å². The number of halogens is 2. The van der Waals surface area contributed by atoms with Crippen LogP contribution in [0, 0.1) is 11.6 Å². The van der Waals surface area contributed by atoms with E-state index in [1.165, 1.54) is 0 Å². The Morgan fingerprint density at radius 2 is 1.96 bits per heavy atom. The number of hydrogen-bond acceptors (Lipinski definition) is 2. The number of imidazole rings is 1. The molecular formula is C19H17F2N3O. The predicted octanol–water partition coefficient (Wildman–Crippen LogP) is 3.71. The molecular weight excluding hydrogens is 324 g/mol. The van der Waals surface area contributed by atoms with Gasteiger partial charge in [-0.25, -0.2) is 13.8 Å². The Hall–Kier alpha value is -3.02. The third kappa shape index (κ3) is 3.74. The van der Waals surface area contributed by atoms with Crippen LogP contribution >= 0.6 is 0 Å². The first-order valence-electron chi connectivity index (χ1n) is 7.86. The number of hydrogen-bond donors (Lipinski definition) is 1. The van der Waals surface area contributed by atoms with Gasteiger partial charge in [-0.15, -0.1) is 0 Å². The van der Waals surface area contributed by atoms with E-state index in [0.717, 1.165) is 23.8 Å². The summed E-state index contributed by atoms with van der Waals surface area (Å²) in [5.74, 6) is -0.736. The van der Waals surface area contributed by atoms with Crippen molar-refractivity contribution in [2.24, 2.45) is 0 Å². The monoisotopic (exact) mass is 341 g/mol. The molecule has 1 atom stereocenters. The number of benzene rings is 2. The second-order valence-corrected chi connectivity index (χ2v) is 5.65. The zero-order valence-corrected chi connectivity index (χ0v) is 13.6. The molecule has 128 valence electrons. The topological polar surface area (TPSA) is 46.9 Å². The highest BCUT2D eigenvalue weighted by atomic mass is 19.1. The van der Waals surface area contributed by atoms with Crippen molar-refractivity contribution in [3.63, 3.8) is 0 Å². The van der Waals surface area contributed by atoms with Crippen LogP contribution in [-0.2, 0) is 11.3 Å². The van der Waals surface area contributed by atoms with Gasteiger partial charge >= 0.3 is 0 Å². The molecule has 0 radical (unpaired) electrons. The number of nitrogens with zero attached hydrogens (tertiary/aromatic N) is 2. The van der Waals surface area contributed by atoms with E-state index >= 15 is 0 Å². The van der Waals surface area contributed by atoms with Crippen molar-refractivity contribution in [3.8, 4) is 11.4 Å². The molecule has 3 aromatic rings. The zero-order chi connectivity index (χ0) is 17.8. The lowest BCUT2D eigenvalue weighted by Gasteiger charge is -2.16. The molecule has 3 rings (SSSR count). The van der Waals surface area contributed by atoms with Crippen molar-refractivity contribution in [2.75, 3.05) is 0 Å². The fraction of sp³-hybridized carbons (Fsp3) is 0.158. The average molecular weight is 341 g/mol. The van der Waals surface area contributed by atoms with E-state index in [1.807, 2.05) is 30.3 Å². The minimum Gasteiger partial charge on any atom is -0.350 e. The van der Waals surface area contributed by atoms with Crippen LogP contribution in [0.15, 0.2) is 60.9 Å². The first-order valence-corrected chi connectivity index (χ1v) is 7.86. The number of rotatable bonds is 5. The van der Waals surface area contributed by atoms with Crippen LogP contribution in [0.4, 0.5) is 8.78 Å². The van der Waals surface area contributed by atoms with Gasteiger partial charge in [0.1, 0.15) is 23.5 Å². The van der Waals surface area contributed by atoms with Gasteiger partial charge in [-0.2, -0.15) is 0 Å². The Balaban J connectivity index is 1.73. The lowest BCUT2D eigenvalue weighted by molar-refractivity contribution is -0.124. The molecule has 0 aliphatic carbocycles. The van der Waals surface area contributed by atoms with Gasteiger partial charge in [-0.3, -0.25) is 4.79 Å². The van der Waals surface area contributed by atoms with E-state index in [9.17, 15) is 13.6 Å². The van der Waals surface area contributed by atoms with E-state index in [1.54, 1.807) is 23.9 Å². The highest BCUT2D eigenvalue weighted by Gasteiger charge is 2.18. The maximum Gasteiger partial charge on any atom is 0.243 e. The van der Waals surface area contributed by atoms with Crippen LogP contribution < -0.4 is 5.32 Å². The molecule has 0 bridgehead atoms. The third-order valence-electron chi connectivity index (χ3n) is 3.96. The molecule has 6 heteroatoms. The molecule has 0 fully saturated rings. The number of carbonyl (C=O) groups is 1. The second kappa shape index (κ2) is 7.25. The fourth-order valence-corrected chi connectivity index (χ4v) is 2.57. The maximum atomic E-state index is 13.6. The standard InChI is InChI=1S/C19H17F2N3O/c1-13(19(25)23-12-15-11-16(20)7-8-17(15)21)24-10-9-22-18(24)14-5-3-2-4-6-14/h2-11,13H,12H2,1H3,(H,23,25). The van der Waals surface area contributed by atoms with Crippen molar-refractivity contribution in [1.82, 2.24) is 14.9 Å². The smallest absolute Gasteiger partial charge is 0.243 e. The summed E-state index contributed by atoms with van der Waals surface area (Å²) in [6.07, 6.45) is 3.34. The van der Waals surface area contributed by atoms with Crippen LogP contribution in [0.1, 0.15) is 18.5 Å². The number of amides is 1. The molecule has 1 unspecified atom stereocenters. The number of nitrogens with one attached hydrogen (secondary N) is 1. The van der Waals surface area contributed by atoms with Crippen LogP contribution in [0.3, 0.4) is 0 Å². The molecule has 1 aromatic heterocycles. The number of aromatic nitrogens is 2. The summed E-state index contributed by atoms with van der Waals surface area (Å²) in [4.78, 5) is 16.7. The van der Waals surface area contributed by atoms with E-state index < -0.39 is 17.7 Å². The van der Waals surface area contributed by atoms with Crippen LogP contribution in [0.25, 0.3) is 11.4 Å².